The number of fused-ring (bicyclic) bond motifs is 6. The number of halogens is 3. The summed E-state index contributed by atoms with van der Waals surface area (Å²) in [7, 11) is 0. The minimum Gasteiger partial charge on any atom is -0.309 e. The van der Waals surface area contributed by atoms with Crippen molar-refractivity contribution in [1.82, 2.24) is 9.13 Å². The Morgan fingerprint density at radius 2 is 1.06 bits per heavy atom. The summed E-state index contributed by atoms with van der Waals surface area (Å²) in [5.41, 5.74) is 5.20. The second-order valence-corrected chi connectivity index (χ2v) is 12.6. The van der Waals surface area contributed by atoms with Crippen LogP contribution in [0.2, 0.25) is 0 Å². The number of rotatable bonds is 3. The molecule has 53 heavy (non-hydrogen) atoms. The minimum absolute atomic E-state index is 0.200. The zero-order chi connectivity index (χ0) is 37.2. The lowest BCUT2D eigenvalue weighted by Crippen LogP contribution is -2.07. The van der Waals surface area contributed by atoms with E-state index in [4.69, 9.17) is 13.1 Å². The Kier molecular flexibility index (Phi) is 7.26. The molecule has 8 rings (SSSR count). The summed E-state index contributed by atoms with van der Waals surface area (Å²) in [6.45, 7) is 16.8. The maximum atomic E-state index is 14.3. The van der Waals surface area contributed by atoms with Gasteiger partial charge in [0.15, 0.2) is 11.4 Å². The molecule has 0 radical (unpaired) electrons. The predicted octanol–water partition coefficient (Wildman–Crippen LogP) is 11.6. The van der Waals surface area contributed by atoms with Crippen LogP contribution in [0.4, 0.5) is 24.5 Å². The summed E-state index contributed by atoms with van der Waals surface area (Å²) < 4.78 is 46.7. The molecule has 0 unspecified atom stereocenters. The third kappa shape index (κ3) is 5.09. The molecular formula is C43H20F3N7. The van der Waals surface area contributed by atoms with E-state index in [2.05, 4.69) is 27.9 Å². The molecule has 0 amide bonds. The molecule has 2 aromatic heterocycles. The van der Waals surface area contributed by atoms with Crippen LogP contribution in [0.1, 0.15) is 27.8 Å². The normalized spacial score (nSPS) is 11.3. The lowest BCUT2D eigenvalue weighted by Gasteiger charge is -2.20. The van der Waals surface area contributed by atoms with Crippen LogP contribution in [0, 0.1) is 54.1 Å². The first-order valence-electron chi connectivity index (χ1n) is 16.1. The molecule has 0 N–H and O–H groups in total. The largest absolute Gasteiger partial charge is 0.416 e. The van der Waals surface area contributed by atoms with Gasteiger partial charge in [0, 0.05) is 16.3 Å². The first-order chi connectivity index (χ1) is 25.6. The fraction of sp³-hybridized carbons (Fsp3) is 0.0465. The molecule has 6 aromatic carbocycles. The molecule has 0 spiro atoms. The lowest BCUT2D eigenvalue weighted by molar-refractivity contribution is -0.137. The van der Waals surface area contributed by atoms with Gasteiger partial charge in [-0.2, -0.15) is 29.0 Å². The molecule has 7 nitrogen and oxygen atoms in total. The molecule has 0 aliphatic carbocycles. The topological polar surface area (TPSA) is 89.9 Å². The molecule has 248 valence electrons. The van der Waals surface area contributed by atoms with Gasteiger partial charge >= 0.3 is 6.18 Å². The summed E-state index contributed by atoms with van der Waals surface area (Å²) in [5.74, 6) is 0. The summed E-state index contributed by atoms with van der Waals surface area (Å²) in [6, 6.07) is 34.3. The van der Waals surface area contributed by atoms with E-state index in [0.29, 0.717) is 88.6 Å². The molecule has 0 saturated carbocycles. The zero-order valence-corrected chi connectivity index (χ0v) is 27.6. The van der Waals surface area contributed by atoms with Gasteiger partial charge in [-0.05, 0) is 114 Å². The highest BCUT2D eigenvalue weighted by molar-refractivity contribution is 6.13. The van der Waals surface area contributed by atoms with E-state index < -0.39 is 11.7 Å². The van der Waals surface area contributed by atoms with Crippen LogP contribution in [-0.4, -0.2) is 9.13 Å². The third-order valence-electron chi connectivity index (χ3n) is 9.45. The standard InChI is InChI=1S/C43H20F3N7/c1-24-12-27(16-29(13-24)43(44,45)46)32-20-41(52-37-8-4-25(21-47)14-33(37)34-15-26(22-48)5-9-38(34)52)28(23-49)17-42(32)53-39-10-6-30(50-2)18-35(39)36-19-31(51-3)7-11-40(36)53/h4-20H,1H3. The van der Waals surface area contributed by atoms with Crippen molar-refractivity contribution in [2.75, 3.05) is 0 Å². The summed E-state index contributed by atoms with van der Waals surface area (Å²) in [5, 5.41) is 32.9. The third-order valence-corrected chi connectivity index (χ3v) is 9.45. The number of hydrogen-bond acceptors (Lipinski definition) is 3. The van der Waals surface area contributed by atoms with Crippen molar-refractivity contribution in [2.45, 2.75) is 13.1 Å². The SMILES string of the molecule is [C-]#[N+]c1ccc2c(c1)c1cc([N+]#[C-])ccc1n2-c1cc(C#N)c(-n2c3ccc(C#N)cc3c3cc(C#N)ccc32)cc1-c1cc(C)cc(C(F)(F)F)c1. The van der Waals surface area contributed by atoms with Gasteiger partial charge in [0.05, 0.1) is 81.0 Å². The van der Waals surface area contributed by atoms with E-state index in [0.717, 1.165) is 12.1 Å². The van der Waals surface area contributed by atoms with Gasteiger partial charge in [0.1, 0.15) is 6.07 Å². The van der Waals surface area contributed by atoms with E-state index in [1.165, 1.54) is 0 Å². The molecule has 0 bridgehead atoms. The quantitative estimate of drug-likeness (QED) is 0.173. The van der Waals surface area contributed by atoms with Crippen molar-refractivity contribution in [1.29, 1.82) is 15.8 Å². The van der Waals surface area contributed by atoms with Gasteiger partial charge < -0.3 is 9.13 Å². The van der Waals surface area contributed by atoms with Crippen molar-refractivity contribution in [3.05, 3.63) is 154 Å². The van der Waals surface area contributed by atoms with E-state index in [1.54, 1.807) is 97.9 Å². The highest BCUT2D eigenvalue weighted by atomic mass is 19.4. The Morgan fingerprint density at radius 1 is 0.566 bits per heavy atom. The van der Waals surface area contributed by atoms with Crippen molar-refractivity contribution < 1.29 is 13.2 Å². The van der Waals surface area contributed by atoms with E-state index in [1.807, 2.05) is 9.13 Å². The molecule has 8 aromatic rings. The Labute approximate surface area is 300 Å². The van der Waals surface area contributed by atoms with Crippen molar-refractivity contribution in [3.8, 4) is 40.7 Å². The number of aromatic nitrogens is 2. The molecule has 0 saturated heterocycles. The number of nitrogens with zero attached hydrogens (tertiary/aromatic N) is 7. The average Bonchev–Trinajstić information content (AvgIpc) is 3.67. The van der Waals surface area contributed by atoms with E-state index in [9.17, 15) is 29.0 Å². The summed E-state index contributed by atoms with van der Waals surface area (Å²) in [4.78, 5) is 7.18. The predicted molar refractivity (Wildman–Crippen MR) is 197 cm³/mol. The smallest absolute Gasteiger partial charge is 0.309 e. The van der Waals surface area contributed by atoms with Gasteiger partial charge in [0.2, 0.25) is 0 Å². The first kappa shape index (κ1) is 32.4. The molecular weight excluding hydrogens is 672 g/mol. The highest BCUT2D eigenvalue weighted by Crippen LogP contribution is 2.43. The summed E-state index contributed by atoms with van der Waals surface area (Å²) >= 11 is 0. The van der Waals surface area contributed by atoms with E-state index >= 15 is 0 Å². The minimum atomic E-state index is -4.64. The second kappa shape index (κ2) is 11.9. The molecule has 0 aliphatic heterocycles. The monoisotopic (exact) mass is 691 g/mol. The Hall–Kier alpha value is -7.84. The molecule has 0 fully saturated rings. The molecule has 2 heterocycles. The molecule has 0 aliphatic rings. The number of aryl methyl sites for hydroxylation is 1. The Balaban J connectivity index is 1.55. The fourth-order valence-corrected chi connectivity index (χ4v) is 7.19. The Bertz CT molecular complexity index is 2980. The molecule has 0 atom stereocenters. The van der Waals surface area contributed by atoms with Gasteiger partial charge in [-0.25, -0.2) is 9.69 Å². The van der Waals surface area contributed by atoms with E-state index in [-0.39, 0.29) is 11.1 Å². The van der Waals surface area contributed by atoms with Gasteiger partial charge in [-0.1, -0.05) is 18.2 Å². The number of hydrogen-bond donors (Lipinski definition) is 0. The highest BCUT2D eigenvalue weighted by Gasteiger charge is 2.32. The lowest BCUT2D eigenvalue weighted by atomic mass is 9.96. The van der Waals surface area contributed by atoms with Crippen LogP contribution < -0.4 is 0 Å². The van der Waals surface area contributed by atoms with Crippen molar-refractivity contribution in [2.24, 2.45) is 0 Å². The Morgan fingerprint density at radius 3 is 1.53 bits per heavy atom. The van der Waals surface area contributed by atoms with Crippen molar-refractivity contribution in [3.63, 3.8) is 0 Å². The van der Waals surface area contributed by atoms with Crippen LogP contribution in [0.3, 0.4) is 0 Å². The van der Waals surface area contributed by atoms with Crippen molar-refractivity contribution >= 4 is 55.0 Å². The van der Waals surface area contributed by atoms with Gasteiger partial charge in [-0.15, -0.1) is 0 Å². The van der Waals surface area contributed by atoms with Crippen LogP contribution in [0.25, 0.3) is 75.8 Å². The summed E-state index contributed by atoms with van der Waals surface area (Å²) in [6.07, 6.45) is -4.64. The second-order valence-electron chi connectivity index (χ2n) is 12.6. The van der Waals surface area contributed by atoms with Crippen LogP contribution in [0.15, 0.2) is 103 Å². The van der Waals surface area contributed by atoms with Crippen LogP contribution in [-0.2, 0) is 6.18 Å². The fourth-order valence-electron chi connectivity index (χ4n) is 7.19. The zero-order valence-electron chi connectivity index (χ0n) is 27.6. The van der Waals surface area contributed by atoms with Crippen LogP contribution in [0.5, 0.6) is 0 Å². The maximum absolute atomic E-state index is 14.3. The van der Waals surface area contributed by atoms with Gasteiger partial charge in [-0.3, -0.25) is 0 Å². The number of alkyl halides is 3. The van der Waals surface area contributed by atoms with Gasteiger partial charge in [0.25, 0.3) is 0 Å². The average molecular weight is 692 g/mol. The number of nitriles is 3. The first-order valence-corrected chi connectivity index (χ1v) is 16.1. The molecule has 10 heteroatoms. The number of benzene rings is 6. The maximum Gasteiger partial charge on any atom is 0.416 e. The van der Waals surface area contributed by atoms with Crippen LogP contribution >= 0.6 is 0 Å².